The van der Waals surface area contributed by atoms with Crippen LogP contribution in [0.1, 0.15) is 32.7 Å². The molecule has 0 N–H and O–H groups in total. The average molecular weight is 340 g/mol. The number of esters is 1. The zero-order chi connectivity index (χ0) is 17.8. The van der Waals surface area contributed by atoms with Gasteiger partial charge in [-0.1, -0.05) is 18.2 Å². The minimum absolute atomic E-state index is 0.107. The number of amides is 1. The van der Waals surface area contributed by atoms with Crippen LogP contribution >= 0.6 is 0 Å². The lowest BCUT2D eigenvalue weighted by atomic mass is 10.1. The van der Waals surface area contributed by atoms with Gasteiger partial charge in [0, 0.05) is 25.2 Å². The van der Waals surface area contributed by atoms with Crippen LogP contribution in [0.15, 0.2) is 42.6 Å². The van der Waals surface area contributed by atoms with Gasteiger partial charge in [0.1, 0.15) is 6.10 Å². The average Bonchev–Trinajstić information content (AvgIpc) is 3.11. The first-order valence-electron chi connectivity index (χ1n) is 8.14. The molecule has 0 spiro atoms. The number of hydrogen-bond donors (Lipinski definition) is 0. The molecule has 2 heterocycles. The Morgan fingerprint density at radius 3 is 2.60 bits per heavy atom. The quantitative estimate of drug-likeness (QED) is 0.800. The second-order valence-corrected chi connectivity index (χ2v) is 5.99. The van der Waals surface area contributed by atoms with Crippen molar-refractivity contribution in [1.82, 2.24) is 9.88 Å². The van der Waals surface area contributed by atoms with Gasteiger partial charge in [0.05, 0.1) is 24.8 Å². The van der Waals surface area contributed by atoms with Crippen LogP contribution in [0.4, 0.5) is 0 Å². The van der Waals surface area contributed by atoms with E-state index in [9.17, 15) is 9.59 Å². The van der Waals surface area contributed by atoms with E-state index in [0.29, 0.717) is 24.5 Å². The summed E-state index contributed by atoms with van der Waals surface area (Å²) >= 11 is 0. The molecule has 1 aliphatic heterocycles. The van der Waals surface area contributed by atoms with Crippen molar-refractivity contribution in [3.05, 3.63) is 59.3 Å². The van der Waals surface area contributed by atoms with Gasteiger partial charge < -0.3 is 14.4 Å². The van der Waals surface area contributed by atoms with Crippen LogP contribution in [0.3, 0.4) is 0 Å². The van der Waals surface area contributed by atoms with Crippen LogP contribution in [0.25, 0.3) is 0 Å². The summed E-state index contributed by atoms with van der Waals surface area (Å²) in [6.07, 6.45) is 2.37. The van der Waals surface area contributed by atoms with Crippen molar-refractivity contribution in [3.63, 3.8) is 0 Å². The van der Waals surface area contributed by atoms with Crippen molar-refractivity contribution in [1.29, 1.82) is 0 Å². The van der Waals surface area contributed by atoms with Gasteiger partial charge in [-0.2, -0.15) is 0 Å². The molecule has 0 saturated carbocycles. The van der Waals surface area contributed by atoms with Gasteiger partial charge in [0.15, 0.2) is 0 Å². The predicted octanol–water partition coefficient (Wildman–Crippen LogP) is 2.47. The fourth-order valence-corrected chi connectivity index (χ4v) is 2.83. The first-order chi connectivity index (χ1) is 12.1. The van der Waals surface area contributed by atoms with Crippen molar-refractivity contribution in [2.45, 2.75) is 19.4 Å². The molecular formula is C19H20N2O4. The molecule has 1 unspecified atom stereocenters. The SMILES string of the molecule is COC(=O)c1ccccc1C(=O)N1CCC(Oc2ccc(C)cn2)C1. The van der Waals surface area contributed by atoms with E-state index in [1.54, 1.807) is 35.4 Å². The Hall–Kier alpha value is -2.89. The highest BCUT2D eigenvalue weighted by Crippen LogP contribution is 2.20. The second kappa shape index (κ2) is 7.34. The van der Waals surface area contributed by atoms with Gasteiger partial charge in [0.25, 0.3) is 5.91 Å². The summed E-state index contributed by atoms with van der Waals surface area (Å²) in [5.74, 6) is -0.149. The zero-order valence-electron chi connectivity index (χ0n) is 14.3. The fraction of sp³-hybridized carbons (Fsp3) is 0.316. The number of hydrogen-bond acceptors (Lipinski definition) is 5. The maximum atomic E-state index is 12.8. The largest absolute Gasteiger partial charge is 0.472 e. The molecule has 0 radical (unpaired) electrons. The first kappa shape index (κ1) is 17.0. The van der Waals surface area contributed by atoms with Gasteiger partial charge in [0.2, 0.25) is 5.88 Å². The Bertz CT molecular complexity index is 773. The van der Waals surface area contributed by atoms with Crippen LogP contribution in [0.2, 0.25) is 0 Å². The molecule has 130 valence electrons. The molecule has 1 aliphatic rings. The number of carbonyl (C=O) groups excluding carboxylic acids is 2. The lowest BCUT2D eigenvalue weighted by Crippen LogP contribution is -2.32. The van der Waals surface area contributed by atoms with Crippen molar-refractivity contribution in [2.75, 3.05) is 20.2 Å². The lowest BCUT2D eigenvalue weighted by Gasteiger charge is -2.18. The number of rotatable bonds is 4. The summed E-state index contributed by atoms with van der Waals surface area (Å²) in [6.45, 7) is 3.00. The van der Waals surface area contributed by atoms with E-state index in [0.717, 1.165) is 12.0 Å². The Morgan fingerprint density at radius 2 is 1.92 bits per heavy atom. The molecular weight excluding hydrogens is 320 g/mol. The van der Waals surface area contributed by atoms with Crippen LogP contribution in [-0.2, 0) is 4.74 Å². The standard InChI is InChI=1S/C19H20N2O4/c1-13-7-8-17(20-11-13)25-14-9-10-21(12-14)18(22)15-5-3-4-6-16(15)19(23)24-2/h3-8,11,14H,9-10,12H2,1-2H3. The number of likely N-dealkylation sites (tertiary alicyclic amines) is 1. The number of carbonyl (C=O) groups is 2. The Labute approximate surface area is 146 Å². The second-order valence-electron chi connectivity index (χ2n) is 5.99. The van der Waals surface area contributed by atoms with Crippen LogP contribution in [0, 0.1) is 6.92 Å². The minimum Gasteiger partial charge on any atom is -0.472 e. The Kier molecular flexibility index (Phi) is 4.97. The minimum atomic E-state index is -0.514. The summed E-state index contributed by atoms with van der Waals surface area (Å²) < 4.78 is 10.6. The molecule has 0 aliphatic carbocycles. The van der Waals surface area contributed by atoms with Gasteiger partial charge in [-0.05, 0) is 24.6 Å². The summed E-state index contributed by atoms with van der Waals surface area (Å²) in [4.78, 5) is 30.6. The topological polar surface area (TPSA) is 68.7 Å². The highest BCUT2D eigenvalue weighted by atomic mass is 16.5. The van der Waals surface area contributed by atoms with Gasteiger partial charge in [-0.25, -0.2) is 9.78 Å². The first-order valence-corrected chi connectivity index (χ1v) is 8.14. The number of benzene rings is 1. The maximum Gasteiger partial charge on any atom is 0.338 e. The van der Waals surface area contributed by atoms with Gasteiger partial charge in [-0.3, -0.25) is 4.79 Å². The van der Waals surface area contributed by atoms with Crippen molar-refractivity contribution in [2.24, 2.45) is 0 Å². The number of methoxy groups -OCH3 is 1. The molecule has 6 nitrogen and oxygen atoms in total. The summed E-state index contributed by atoms with van der Waals surface area (Å²) in [5, 5.41) is 0. The van der Waals surface area contributed by atoms with E-state index >= 15 is 0 Å². The number of aryl methyl sites for hydroxylation is 1. The summed E-state index contributed by atoms with van der Waals surface area (Å²) in [5.41, 5.74) is 1.69. The van der Waals surface area contributed by atoms with E-state index in [1.165, 1.54) is 7.11 Å². The van der Waals surface area contributed by atoms with Crippen LogP contribution in [-0.4, -0.2) is 48.1 Å². The number of ether oxygens (including phenoxy) is 2. The molecule has 1 saturated heterocycles. The maximum absolute atomic E-state index is 12.8. The summed E-state index contributed by atoms with van der Waals surface area (Å²) in [6, 6.07) is 10.4. The van der Waals surface area contributed by atoms with E-state index in [1.807, 2.05) is 19.1 Å². The molecule has 1 aromatic heterocycles. The third kappa shape index (κ3) is 3.79. The molecule has 2 aromatic rings. The molecule has 1 atom stereocenters. The molecule has 0 bridgehead atoms. The third-order valence-corrected chi connectivity index (χ3v) is 4.17. The monoisotopic (exact) mass is 340 g/mol. The highest BCUT2D eigenvalue weighted by Gasteiger charge is 2.30. The van der Waals surface area contributed by atoms with E-state index in [-0.39, 0.29) is 17.6 Å². The molecule has 3 rings (SSSR count). The smallest absolute Gasteiger partial charge is 0.338 e. The van der Waals surface area contributed by atoms with E-state index in [2.05, 4.69) is 4.98 Å². The van der Waals surface area contributed by atoms with Gasteiger partial charge >= 0.3 is 5.97 Å². The number of pyridine rings is 1. The van der Waals surface area contributed by atoms with Crippen molar-refractivity contribution >= 4 is 11.9 Å². The zero-order valence-corrected chi connectivity index (χ0v) is 14.3. The Balaban J connectivity index is 1.69. The van der Waals surface area contributed by atoms with E-state index < -0.39 is 5.97 Å². The lowest BCUT2D eigenvalue weighted by molar-refractivity contribution is 0.0591. The Morgan fingerprint density at radius 1 is 1.16 bits per heavy atom. The summed E-state index contributed by atoms with van der Waals surface area (Å²) in [7, 11) is 1.30. The highest BCUT2D eigenvalue weighted by molar-refractivity contribution is 6.05. The predicted molar refractivity (Wildman–Crippen MR) is 91.7 cm³/mol. The third-order valence-electron chi connectivity index (χ3n) is 4.17. The van der Waals surface area contributed by atoms with E-state index in [4.69, 9.17) is 9.47 Å². The molecule has 6 heteroatoms. The van der Waals surface area contributed by atoms with Crippen LogP contribution < -0.4 is 4.74 Å². The van der Waals surface area contributed by atoms with Gasteiger partial charge in [-0.15, -0.1) is 0 Å². The number of nitrogens with zero attached hydrogens (tertiary/aromatic N) is 2. The van der Waals surface area contributed by atoms with Crippen LogP contribution in [0.5, 0.6) is 5.88 Å². The molecule has 1 amide bonds. The molecule has 1 aromatic carbocycles. The molecule has 25 heavy (non-hydrogen) atoms. The van der Waals surface area contributed by atoms with Crippen molar-refractivity contribution < 1.29 is 19.1 Å². The number of aromatic nitrogens is 1. The molecule has 1 fully saturated rings. The van der Waals surface area contributed by atoms with Crippen molar-refractivity contribution in [3.8, 4) is 5.88 Å². The normalized spacial score (nSPS) is 16.6. The fourth-order valence-electron chi connectivity index (χ4n) is 2.83.